The molecule has 0 spiro atoms. The molecule has 8 heteroatoms. The lowest BCUT2D eigenvalue weighted by molar-refractivity contribution is -0.132. The summed E-state index contributed by atoms with van der Waals surface area (Å²) < 4.78 is 13.7. The van der Waals surface area contributed by atoms with Crippen LogP contribution in [0.2, 0.25) is 5.02 Å². The van der Waals surface area contributed by atoms with Crippen LogP contribution in [-0.2, 0) is 17.6 Å². The highest BCUT2D eigenvalue weighted by atomic mass is 35.5. The van der Waals surface area contributed by atoms with Crippen LogP contribution in [-0.4, -0.2) is 47.2 Å². The van der Waals surface area contributed by atoms with Crippen LogP contribution < -0.4 is 10.5 Å². The third kappa shape index (κ3) is 4.32. The fourth-order valence-corrected chi connectivity index (χ4v) is 5.31. The standard InChI is InChI=1S/C26H26ClFN4O2/c27-21-7-3-4-8-22(21)31-13-15-32(16-14-31)26(34)23(17-9-11-18(28)12-10-17)24-19-5-1-2-6-20(19)25(33)30-29-24/h3-4,7-12,23H,1-2,5-6,13-16H2,(H,30,33). The van der Waals surface area contributed by atoms with Crippen molar-refractivity contribution in [1.29, 1.82) is 0 Å². The number of piperazine rings is 1. The maximum absolute atomic E-state index is 13.9. The summed E-state index contributed by atoms with van der Waals surface area (Å²) in [5.74, 6) is -1.14. The van der Waals surface area contributed by atoms with Gasteiger partial charge in [-0.3, -0.25) is 9.59 Å². The number of para-hydroxylation sites is 1. The highest BCUT2D eigenvalue weighted by Crippen LogP contribution is 2.33. The van der Waals surface area contributed by atoms with E-state index in [0.29, 0.717) is 55.3 Å². The molecule has 34 heavy (non-hydrogen) atoms. The van der Waals surface area contributed by atoms with Crippen molar-refractivity contribution >= 4 is 23.2 Å². The predicted octanol–water partition coefficient (Wildman–Crippen LogP) is 3.92. The first-order chi connectivity index (χ1) is 16.5. The van der Waals surface area contributed by atoms with Crippen molar-refractivity contribution in [2.75, 3.05) is 31.1 Å². The summed E-state index contributed by atoms with van der Waals surface area (Å²) in [5.41, 5.74) is 3.62. The van der Waals surface area contributed by atoms with Gasteiger partial charge in [-0.05, 0) is 61.1 Å². The second-order valence-electron chi connectivity index (χ2n) is 8.85. The molecule has 1 fully saturated rings. The third-order valence-electron chi connectivity index (χ3n) is 6.84. The number of amides is 1. The Morgan fingerprint density at radius 3 is 2.35 bits per heavy atom. The zero-order valence-electron chi connectivity index (χ0n) is 18.8. The maximum atomic E-state index is 13.9. The van der Waals surface area contributed by atoms with Crippen LogP contribution in [0.1, 0.15) is 41.1 Å². The van der Waals surface area contributed by atoms with E-state index in [2.05, 4.69) is 15.1 Å². The first-order valence-electron chi connectivity index (χ1n) is 11.7. The molecule has 1 amide bonds. The molecule has 5 rings (SSSR count). The highest BCUT2D eigenvalue weighted by molar-refractivity contribution is 6.33. The van der Waals surface area contributed by atoms with Gasteiger partial charge in [0.15, 0.2) is 0 Å². The van der Waals surface area contributed by atoms with Gasteiger partial charge in [0.2, 0.25) is 5.91 Å². The monoisotopic (exact) mass is 480 g/mol. The minimum absolute atomic E-state index is 0.0854. The number of aromatic amines is 1. The van der Waals surface area contributed by atoms with Gasteiger partial charge in [-0.1, -0.05) is 35.9 Å². The molecule has 1 aliphatic heterocycles. The Bertz CT molecular complexity index is 1250. The zero-order valence-corrected chi connectivity index (χ0v) is 19.5. The molecule has 176 valence electrons. The number of H-pyrrole nitrogens is 1. The molecule has 1 atom stereocenters. The lowest BCUT2D eigenvalue weighted by Crippen LogP contribution is -2.50. The number of nitrogens with one attached hydrogen (secondary N) is 1. The Kier molecular flexibility index (Phi) is 6.37. The van der Waals surface area contributed by atoms with Gasteiger partial charge in [0, 0.05) is 31.7 Å². The first kappa shape index (κ1) is 22.6. The van der Waals surface area contributed by atoms with Crippen LogP contribution >= 0.6 is 11.6 Å². The van der Waals surface area contributed by atoms with Crippen molar-refractivity contribution in [2.24, 2.45) is 0 Å². The molecule has 1 aromatic heterocycles. The van der Waals surface area contributed by atoms with Crippen LogP contribution in [0.15, 0.2) is 53.3 Å². The summed E-state index contributed by atoms with van der Waals surface area (Å²) in [6.07, 6.45) is 3.29. The van der Waals surface area contributed by atoms with E-state index in [-0.39, 0.29) is 17.3 Å². The second-order valence-corrected chi connectivity index (χ2v) is 9.26. The molecule has 1 saturated heterocycles. The van der Waals surface area contributed by atoms with E-state index < -0.39 is 5.92 Å². The van der Waals surface area contributed by atoms with Crippen molar-refractivity contribution in [1.82, 2.24) is 15.1 Å². The number of rotatable bonds is 4. The number of carbonyl (C=O) groups is 1. The topological polar surface area (TPSA) is 69.3 Å². The molecule has 1 aliphatic carbocycles. The number of halogens is 2. The number of hydrogen-bond acceptors (Lipinski definition) is 4. The normalized spacial score (nSPS) is 16.8. The van der Waals surface area contributed by atoms with Crippen molar-refractivity contribution in [3.63, 3.8) is 0 Å². The Labute approximate surface area is 202 Å². The summed E-state index contributed by atoms with van der Waals surface area (Å²) in [6, 6.07) is 13.7. The molecule has 3 aromatic rings. The molecule has 0 saturated carbocycles. The number of hydrogen-bond donors (Lipinski definition) is 1. The average Bonchev–Trinajstić information content (AvgIpc) is 2.87. The van der Waals surface area contributed by atoms with Crippen molar-refractivity contribution in [2.45, 2.75) is 31.6 Å². The number of aromatic nitrogens is 2. The van der Waals surface area contributed by atoms with E-state index in [1.807, 2.05) is 29.2 Å². The van der Waals surface area contributed by atoms with Crippen molar-refractivity contribution < 1.29 is 9.18 Å². The Hall–Kier alpha value is -3.19. The van der Waals surface area contributed by atoms with E-state index in [1.165, 1.54) is 12.1 Å². The van der Waals surface area contributed by atoms with E-state index in [1.54, 1.807) is 12.1 Å². The molecule has 2 heterocycles. The average molecular weight is 481 g/mol. The summed E-state index contributed by atoms with van der Waals surface area (Å²) in [4.78, 5) is 30.3. The molecule has 6 nitrogen and oxygen atoms in total. The minimum Gasteiger partial charge on any atom is -0.367 e. The van der Waals surface area contributed by atoms with Gasteiger partial charge in [0.25, 0.3) is 5.56 Å². The van der Waals surface area contributed by atoms with E-state index in [9.17, 15) is 14.0 Å². The van der Waals surface area contributed by atoms with Gasteiger partial charge in [0.1, 0.15) is 11.7 Å². The summed E-state index contributed by atoms with van der Waals surface area (Å²) in [6.45, 7) is 2.38. The van der Waals surface area contributed by atoms with E-state index in [0.717, 1.165) is 29.7 Å². The van der Waals surface area contributed by atoms with Crippen LogP contribution in [0.5, 0.6) is 0 Å². The quantitative estimate of drug-likeness (QED) is 0.614. The lowest BCUT2D eigenvalue weighted by atomic mass is 9.84. The van der Waals surface area contributed by atoms with Crippen LogP contribution in [0, 0.1) is 5.82 Å². The Balaban J connectivity index is 1.46. The zero-order chi connectivity index (χ0) is 23.7. The number of anilines is 1. The molecule has 0 radical (unpaired) electrons. The largest absolute Gasteiger partial charge is 0.367 e. The SMILES string of the molecule is O=C(C(c1ccc(F)cc1)c1n[nH]c(=O)c2c1CCCC2)N1CCN(c2ccccc2Cl)CC1. The minimum atomic E-state index is -0.698. The smallest absolute Gasteiger partial charge is 0.267 e. The van der Waals surface area contributed by atoms with Crippen LogP contribution in [0.25, 0.3) is 0 Å². The number of fused-ring (bicyclic) bond motifs is 1. The molecular formula is C26H26ClFN4O2. The second kappa shape index (κ2) is 9.58. The van der Waals surface area contributed by atoms with E-state index in [4.69, 9.17) is 11.6 Å². The highest BCUT2D eigenvalue weighted by Gasteiger charge is 2.34. The molecule has 1 unspecified atom stereocenters. The Morgan fingerprint density at radius 1 is 0.971 bits per heavy atom. The number of carbonyl (C=O) groups excluding carboxylic acids is 1. The number of nitrogens with zero attached hydrogens (tertiary/aromatic N) is 3. The fraction of sp³-hybridized carbons (Fsp3) is 0.346. The molecule has 1 N–H and O–H groups in total. The van der Waals surface area contributed by atoms with Gasteiger partial charge in [-0.2, -0.15) is 5.10 Å². The summed E-state index contributed by atoms with van der Waals surface area (Å²) in [5, 5.41) is 7.67. The molecule has 2 aliphatic rings. The molecular weight excluding hydrogens is 455 g/mol. The van der Waals surface area contributed by atoms with Gasteiger partial charge in [-0.25, -0.2) is 9.49 Å². The van der Waals surface area contributed by atoms with Gasteiger partial charge in [-0.15, -0.1) is 0 Å². The summed E-state index contributed by atoms with van der Waals surface area (Å²) in [7, 11) is 0. The molecule has 2 aromatic carbocycles. The lowest BCUT2D eigenvalue weighted by Gasteiger charge is -2.38. The maximum Gasteiger partial charge on any atom is 0.267 e. The third-order valence-corrected chi connectivity index (χ3v) is 7.16. The summed E-state index contributed by atoms with van der Waals surface area (Å²) >= 11 is 6.37. The van der Waals surface area contributed by atoms with Gasteiger partial charge >= 0.3 is 0 Å². The van der Waals surface area contributed by atoms with Gasteiger partial charge in [0.05, 0.1) is 16.4 Å². The van der Waals surface area contributed by atoms with Crippen LogP contribution in [0.4, 0.5) is 10.1 Å². The van der Waals surface area contributed by atoms with Crippen molar-refractivity contribution in [3.05, 3.63) is 92.1 Å². The number of benzene rings is 2. The van der Waals surface area contributed by atoms with Crippen molar-refractivity contribution in [3.8, 4) is 0 Å². The predicted molar refractivity (Wildman–Crippen MR) is 130 cm³/mol. The first-order valence-corrected chi connectivity index (χ1v) is 12.0. The van der Waals surface area contributed by atoms with E-state index >= 15 is 0 Å². The fourth-order valence-electron chi connectivity index (χ4n) is 5.05. The van der Waals surface area contributed by atoms with Crippen LogP contribution in [0.3, 0.4) is 0 Å². The van der Waals surface area contributed by atoms with Gasteiger partial charge < -0.3 is 9.80 Å². The molecule has 0 bridgehead atoms. The Morgan fingerprint density at radius 2 is 1.65 bits per heavy atom.